The van der Waals surface area contributed by atoms with E-state index in [4.69, 9.17) is 14.5 Å². The molecule has 0 spiro atoms. The number of nitrogens with zero attached hydrogens (tertiary/aromatic N) is 1. The molecule has 0 radical (unpaired) electrons. The van der Waals surface area contributed by atoms with Gasteiger partial charge in [-0.1, -0.05) is 64.0 Å². The normalized spacial score (nSPS) is 11.5. The van der Waals surface area contributed by atoms with E-state index in [2.05, 4.69) is 11.4 Å². The zero-order chi connectivity index (χ0) is 23.0. The van der Waals surface area contributed by atoms with Crippen molar-refractivity contribution in [3.8, 4) is 5.75 Å². The van der Waals surface area contributed by atoms with Crippen molar-refractivity contribution in [3.63, 3.8) is 0 Å². The van der Waals surface area contributed by atoms with Crippen molar-refractivity contribution in [2.24, 2.45) is 0 Å². The first-order valence-corrected chi connectivity index (χ1v) is 13.1. The molecule has 0 fully saturated rings. The molecule has 0 aliphatic heterocycles. The minimum Gasteiger partial charge on any atom is -0.494 e. The number of aryl methyl sites for hydroxylation is 1. The topological polar surface area (TPSA) is 96.3 Å². The predicted octanol–water partition coefficient (Wildman–Crippen LogP) is 5.10. The van der Waals surface area contributed by atoms with Gasteiger partial charge < -0.3 is 19.4 Å². The van der Waals surface area contributed by atoms with Gasteiger partial charge in [0.15, 0.2) is 0 Å². The fourth-order valence-electron chi connectivity index (χ4n) is 3.36. The van der Waals surface area contributed by atoms with E-state index in [1.807, 2.05) is 31.2 Å². The van der Waals surface area contributed by atoms with Crippen LogP contribution in [-0.2, 0) is 20.3 Å². The number of ether oxygens (including phenoxy) is 1. The smallest absolute Gasteiger partial charge is 0.469 e. The van der Waals surface area contributed by atoms with E-state index in [1.54, 1.807) is 0 Å². The van der Waals surface area contributed by atoms with Crippen LogP contribution in [0.1, 0.15) is 77.2 Å². The fraction of sp³-hybridized carbons (Fsp3) is 0.696. The number of benzene rings is 1. The number of likely N-dealkylation sites (N-methyl/N-ethyl adjacent to an activating group) is 1. The van der Waals surface area contributed by atoms with Gasteiger partial charge in [0.25, 0.3) is 0 Å². The van der Waals surface area contributed by atoms with Crippen LogP contribution in [0, 0.1) is 0 Å². The lowest BCUT2D eigenvalue weighted by atomic mass is 10.1. The highest BCUT2D eigenvalue weighted by molar-refractivity contribution is 7.46. The number of hydrogen-bond acceptors (Lipinski definition) is 4. The van der Waals surface area contributed by atoms with Gasteiger partial charge in [-0.2, -0.15) is 0 Å². The first kappa shape index (κ1) is 27.6. The second-order valence-electron chi connectivity index (χ2n) is 7.77. The SMILES string of the molecule is CCCCCCCCCCOc1cccc(CCC(=O)N(CC)CCOP(=O)(O)O)c1. The molecule has 31 heavy (non-hydrogen) atoms. The van der Waals surface area contributed by atoms with E-state index in [-0.39, 0.29) is 19.1 Å². The van der Waals surface area contributed by atoms with E-state index < -0.39 is 7.82 Å². The van der Waals surface area contributed by atoms with Gasteiger partial charge in [-0.25, -0.2) is 4.57 Å². The molecule has 0 unspecified atom stereocenters. The van der Waals surface area contributed by atoms with Crippen molar-refractivity contribution in [2.45, 2.75) is 78.1 Å². The van der Waals surface area contributed by atoms with E-state index in [9.17, 15) is 9.36 Å². The molecule has 0 aliphatic carbocycles. The van der Waals surface area contributed by atoms with Gasteiger partial charge in [-0.15, -0.1) is 0 Å². The van der Waals surface area contributed by atoms with E-state index in [0.29, 0.717) is 26.0 Å². The molecule has 1 aromatic rings. The van der Waals surface area contributed by atoms with Crippen molar-refractivity contribution in [2.75, 3.05) is 26.3 Å². The second-order valence-corrected chi connectivity index (χ2v) is 9.01. The minimum absolute atomic E-state index is 0.0675. The third-order valence-corrected chi connectivity index (χ3v) is 5.67. The van der Waals surface area contributed by atoms with Gasteiger partial charge >= 0.3 is 7.82 Å². The van der Waals surface area contributed by atoms with Crippen LogP contribution in [0.3, 0.4) is 0 Å². The zero-order valence-electron chi connectivity index (χ0n) is 19.1. The number of rotatable bonds is 18. The summed E-state index contributed by atoms with van der Waals surface area (Å²) in [5, 5.41) is 0. The number of carbonyl (C=O) groups is 1. The van der Waals surface area contributed by atoms with Crippen LogP contribution in [-0.4, -0.2) is 46.9 Å². The van der Waals surface area contributed by atoms with Crippen LogP contribution in [0.4, 0.5) is 0 Å². The minimum atomic E-state index is -4.51. The number of amides is 1. The average Bonchev–Trinajstić information content (AvgIpc) is 2.73. The Hall–Kier alpha value is -1.40. The molecule has 178 valence electrons. The average molecular weight is 458 g/mol. The zero-order valence-corrected chi connectivity index (χ0v) is 20.0. The van der Waals surface area contributed by atoms with Crippen molar-refractivity contribution in [1.82, 2.24) is 4.90 Å². The Morgan fingerprint density at radius 3 is 2.32 bits per heavy atom. The summed E-state index contributed by atoms with van der Waals surface area (Å²) in [5.41, 5.74) is 1.03. The van der Waals surface area contributed by atoms with Crippen LogP contribution in [0.15, 0.2) is 24.3 Å². The lowest BCUT2D eigenvalue weighted by Crippen LogP contribution is -2.33. The van der Waals surface area contributed by atoms with Gasteiger partial charge in [0.1, 0.15) is 5.75 Å². The van der Waals surface area contributed by atoms with Crippen LogP contribution >= 0.6 is 7.82 Å². The molecule has 1 amide bonds. The first-order valence-electron chi connectivity index (χ1n) is 11.5. The Morgan fingerprint density at radius 1 is 1.00 bits per heavy atom. The summed E-state index contributed by atoms with van der Waals surface area (Å²) in [7, 11) is -4.51. The molecule has 1 aromatic carbocycles. The molecule has 7 nitrogen and oxygen atoms in total. The lowest BCUT2D eigenvalue weighted by molar-refractivity contribution is -0.131. The Bertz CT molecular complexity index is 663. The summed E-state index contributed by atoms with van der Waals surface area (Å²) in [6, 6.07) is 7.83. The number of unbranched alkanes of at least 4 members (excludes halogenated alkanes) is 7. The number of hydrogen-bond donors (Lipinski definition) is 2. The van der Waals surface area contributed by atoms with Crippen molar-refractivity contribution in [1.29, 1.82) is 0 Å². The quantitative estimate of drug-likeness (QED) is 0.235. The Kier molecular flexibility index (Phi) is 14.5. The van der Waals surface area contributed by atoms with Crippen LogP contribution in [0.25, 0.3) is 0 Å². The van der Waals surface area contributed by atoms with Crippen molar-refractivity contribution in [3.05, 3.63) is 29.8 Å². The lowest BCUT2D eigenvalue weighted by Gasteiger charge is -2.21. The molecule has 2 N–H and O–H groups in total. The van der Waals surface area contributed by atoms with Crippen LogP contribution in [0.5, 0.6) is 5.75 Å². The summed E-state index contributed by atoms with van der Waals surface area (Å²) < 4.78 is 21.0. The monoisotopic (exact) mass is 457 g/mol. The van der Waals surface area contributed by atoms with Gasteiger partial charge in [-0.3, -0.25) is 9.32 Å². The molecular formula is C23H40NO6P. The Balaban J connectivity index is 2.28. The molecule has 0 bridgehead atoms. The largest absolute Gasteiger partial charge is 0.494 e. The van der Waals surface area contributed by atoms with Gasteiger partial charge in [0.05, 0.1) is 13.2 Å². The molecule has 1 rings (SSSR count). The highest BCUT2D eigenvalue weighted by Gasteiger charge is 2.16. The molecule has 0 aromatic heterocycles. The van der Waals surface area contributed by atoms with Crippen LogP contribution < -0.4 is 4.74 Å². The number of phosphoric acid groups is 1. The Labute approximate surface area is 187 Å². The number of phosphoric ester groups is 1. The summed E-state index contributed by atoms with van der Waals surface area (Å²) in [6.07, 6.45) is 11.0. The van der Waals surface area contributed by atoms with E-state index >= 15 is 0 Å². The molecule has 8 heteroatoms. The summed E-state index contributed by atoms with van der Waals surface area (Å²) in [6.45, 7) is 5.20. The summed E-state index contributed by atoms with van der Waals surface area (Å²) in [4.78, 5) is 31.4. The maximum absolute atomic E-state index is 12.4. The summed E-state index contributed by atoms with van der Waals surface area (Å²) >= 11 is 0. The predicted molar refractivity (Wildman–Crippen MR) is 123 cm³/mol. The van der Waals surface area contributed by atoms with E-state index in [1.165, 1.54) is 49.8 Å². The van der Waals surface area contributed by atoms with Crippen molar-refractivity contribution >= 4 is 13.7 Å². The third-order valence-electron chi connectivity index (χ3n) is 5.15. The molecule has 0 atom stereocenters. The maximum Gasteiger partial charge on any atom is 0.469 e. The maximum atomic E-state index is 12.4. The summed E-state index contributed by atoms with van der Waals surface area (Å²) in [5.74, 6) is 0.761. The van der Waals surface area contributed by atoms with Crippen LogP contribution in [0.2, 0.25) is 0 Å². The molecule has 0 aliphatic rings. The van der Waals surface area contributed by atoms with Gasteiger partial charge in [0.2, 0.25) is 5.91 Å². The molecular weight excluding hydrogens is 417 g/mol. The number of carbonyl (C=O) groups excluding carboxylic acids is 1. The fourth-order valence-corrected chi connectivity index (χ4v) is 3.67. The van der Waals surface area contributed by atoms with Gasteiger partial charge in [-0.05, 0) is 37.5 Å². The highest BCUT2D eigenvalue weighted by atomic mass is 31.2. The second kappa shape index (κ2) is 16.3. The standard InChI is InChI=1S/C23H40NO6P/c1-3-5-6-7-8-9-10-11-18-29-22-14-12-13-21(20-22)15-16-23(25)24(4-2)17-19-30-31(26,27)28/h12-14,20H,3-11,15-19H2,1-2H3,(H2,26,27,28). The van der Waals surface area contributed by atoms with Gasteiger partial charge in [0, 0.05) is 19.5 Å². The van der Waals surface area contributed by atoms with E-state index in [0.717, 1.165) is 17.7 Å². The molecule has 0 saturated carbocycles. The highest BCUT2D eigenvalue weighted by Crippen LogP contribution is 2.35. The third kappa shape index (κ3) is 14.3. The molecule has 0 saturated heterocycles. The molecule has 0 heterocycles. The Morgan fingerprint density at radius 2 is 1.68 bits per heavy atom. The van der Waals surface area contributed by atoms with Crippen molar-refractivity contribution < 1.29 is 28.4 Å². The first-order chi connectivity index (χ1) is 14.9.